The molecule has 1 aliphatic rings. The van der Waals surface area contributed by atoms with Crippen molar-refractivity contribution in [2.45, 2.75) is 26.7 Å². The summed E-state index contributed by atoms with van der Waals surface area (Å²) in [5, 5.41) is 18.5. The second-order valence-electron chi connectivity index (χ2n) is 6.94. The zero-order valence-corrected chi connectivity index (χ0v) is 16.2. The van der Waals surface area contributed by atoms with Gasteiger partial charge in [0.05, 0.1) is 11.1 Å². The summed E-state index contributed by atoms with van der Waals surface area (Å²) in [4.78, 5) is 33.7. The van der Waals surface area contributed by atoms with Crippen LogP contribution in [0.2, 0.25) is 0 Å². The molecule has 0 bridgehead atoms. The van der Waals surface area contributed by atoms with E-state index >= 15 is 0 Å². The van der Waals surface area contributed by atoms with Crippen molar-refractivity contribution in [1.29, 1.82) is 0 Å². The number of rotatable bonds is 6. The van der Waals surface area contributed by atoms with E-state index in [0.29, 0.717) is 11.3 Å². The van der Waals surface area contributed by atoms with Gasteiger partial charge < -0.3 is 4.74 Å². The highest BCUT2D eigenvalue weighted by Gasteiger charge is 2.26. The van der Waals surface area contributed by atoms with Gasteiger partial charge in [-0.2, -0.15) is 5.10 Å². The summed E-state index contributed by atoms with van der Waals surface area (Å²) in [6.07, 6.45) is 1.28. The summed E-state index contributed by atoms with van der Waals surface area (Å²) in [6.45, 7) is 5.77. The van der Waals surface area contributed by atoms with E-state index in [-0.39, 0.29) is 23.9 Å². The third kappa shape index (κ3) is 4.57. The van der Waals surface area contributed by atoms with E-state index in [0.717, 1.165) is 16.1 Å². The number of nitro groups is 1. The van der Waals surface area contributed by atoms with Crippen molar-refractivity contribution in [3.8, 4) is 11.5 Å². The van der Waals surface area contributed by atoms with Crippen molar-refractivity contribution >= 4 is 23.8 Å². The topological polar surface area (TPSA) is 114 Å². The van der Waals surface area contributed by atoms with Crippen LogP contribution in [-0.4, -0.2) is 34.6 Å². The fourth-order valence-corrected chi connectivity index (χ4v) is 2.83. The second-order valence-corrected chi connectivity index (χ2v) is 6.94. The molecule has 9 nitrogen and oxygen atoms in total. The van der Waals surface area contributed by atoms with Crippen LogP contribution >= 0.6 is 0 Å². The molecule has 3 rings (SSSR count). The fraction of sp³-hybridized carbons (Fsp3) is 0.250. The van der Waals surface area contributed by atoms with Crippen molar-refractivity contribution in [1.82, 2.24) is 10.3 Å². The number of ether oxygens (including phenoxy) is 1. The van der Waals surface area contributed by atoms with E-state index in [1.165, 1.54) is 18.3 Å². The molecule has 0 aliphatic carbocycles. The van der Waals surface area contributed by atoms with Crippen molar-refractivity contribution in [2.75, 3.05) is 6.54 Å². The van der Waals surface area contributed by atoms with E-state index in [4.69, 9.17) is 4.74 Å². The van der Waals surface area contributed by atoms with Gasteiger partial charge in [-0.05, 0) is 42.2 Å². The molecule has 2 aromatic rings. The van der Waals surface area contributed by atoms with Crippen molar-refractivity contribution in [3.63, 3.8) is 0 Å². The molecule has 0 aromatic heterocycles. The summed E-state index contributed by atoms with van der Waals surface area (Å²) >= 11 is 0. The number of hydrogen-bond donors (Lipinski definition) is 1. The predicted octanol–water partition coefficient (Wildman–Crippen LogP) is 3.70. The van der Waals surface area contributed by atoms with E-state index in [1.54, 1.807) is 6.07 Å². The van der Waals surface area contributed by atoms with Crippen molar-refractivity contribution < 1.29 is 19.2 Å². The van der Waals surface area contributed by atoms with Crippen LogP contribution in [-0.2, 0) is 4.79 Å². The van der Waals surface area contributed by atoms with E-state index in [1.807, 2.05) is 39.0 Å². The lowest BCUT2D eigenvalue weighted by molar-refractivity contribution is -0.385. The molecule has 1 heterocycles. The standard InChI is InChI=1S/C20H20N4O5/c1-12(2)15-6-4-13(3)8-18(15)29-17-7-5-14(9-16(17)24(27)28)10-21-23-11-19(25)22-20(23)26/h4-10,12H,11H2,1-3H3,(H,22,25,26)/b21-10-. The highest BCUT2D eigenvalue weighted by atomic mass is 16.6. The average molecular weight is 396 g/mol. The number of nitro benzene ring substituents is 1. The highest BCUT2D eigenvalue weighted by Crippen LogP contribution is 2.36. The molecule has 3 amide bonds. The second kappa shape index (κ2) is 8.09. The number of urea groups is 1. The lowest BCUT2D eigenvalue weighted by atomic mass is 10.0. The first kappa shape index (κ1) is 20.0. The van der Waals surface area contributed by atoms with Crippen LogP contribution in [0.15, 0.2) is 41.5 Å². The Balaban J connectivity index is 1.90. The number of carbonyl (C=O) groups excluding carboxylic acids is 2. The van der Waals surface area contributed by atoms with Gasteiger partial charge in [0.25, 0.3) is 0 Å². The third-order valence-electron chi connectivity index (χ3n) is 4.31. The van der Waals surface area contributed by atoms with Crippen LogP contribution in [0.5, 0.6) is 11.5 Å². The molecule has 0 atom stereocenters. The molecular weight excluding hydrogens is 376 g/mol. The van der Waals surface area contributed by atoms with Gasteiger partial charge in [-0.15, -0.1) is 0 Å². The third-order valence-corrected chi connectivity index (χ3v) is 4.31. The van der Waals surface area contributed by atoms with Gasteiger partial charge in [0.2, 0.25) is 11.7 Å². The molecule has 0 saturated carbocycles. The molecule has 29 heavy (non-hydrogen) atoms. The molecule has 0 radical (unpaired) electrons. The zero-order chi connectivity index (χ0) is 21.1. The molecular formula is C20H20N4O5. The van der Waals surface area contributed by atoms with Gasteiger partial charge in [0, 0.05) is 11.6 Å². The minimum atomic E-state index is -0.638. The summed E-state index contributed by atoms with van der Waals surface area (Å²) in [5.74, 6) is 0.400. The molecule has 150 valence electrons. The van der Waals surface area contributed by atoms with Gasteiger partial charge in [0.1, 0.15) is 12.3 Å². The minimum Gasteiger partial charge on any atom is -0.450 e. The van der Waals surface area contributed by atoms with Crippen LogP contribution in [0, 0.1) is 17.0 Å². The van der Waals surface area contributed by atoms with Gasteiger partial charge in [-0.1, -0.05) is 26.0 Å². The molecule has 0 spiro atoms. The first-order valence-electron chi connectivity index (χ1n) is 8.96. The number of benzene rings is 2. The van der Waals surface area contributed by atoms with Crippen LogP contribution in [0.4, 0.5) is 10.5 Å². The number of carbonyl (C=O) groups is 2. The molecule has 1 fully saturated rings. The number of hydrazone groups is 1. The lowest BCUT2D eigenvalue weighted by Gasteiger charge is -2.15. The van der Waals surface area contributed by atoms with E-state index in [9.17, 15) is 19.7 Å². The Bertz CT molecular complexity index is 1020. The molecule has 1 aliphatic heterocycles. The largest absolute Gasteiger partial charge is 0.450 e. The first-order chi connectivity index (χ1) is 13.7. The molecule has 2 aromatic carbocycles. The minimum absolute atomic E-state index is 0.105. The SMILES string of the molecule is Cc1ccc(C(C)C)c(Oc2ccc(/C=N\N3CC(=O)NC3=O)cc2[N+](=O)[O-])c1. The Morgan fingerprint density at radius 2 is 1.97 bits per heavy atom. The zero-order valence-electron chi connectivity index (χ0n) is 16.2. The maximum Gasteiger partial charge on any atom is 0.344 e. The number of nitrogens with one attached hydrogen (secondary N) is 1. The van der Waals surface area contributed by atoms with Crippen molar-refractivity contribution in [3.05, 3.63) is 63.2 Å². The molecule has 0 unspecified atom stereocenters. The van der Waals surface area contributed by atoms with Crippen LogP contribution in [0.1, 0.15) is 36.5 Å². The summed E-state index contributed by atoms with van der Waals surface area (Å²) < 4.78 is 5.90. The quantitative estimate of drug-likeness (QED) is 0.346. The summed E-state index contributed by atoms with van der Waals surface area (Å²) in [7, 11) is 0. The normalized spacial score (nSPS) is 14.0. The monoisotopic (exact) mass is 396 g/mol. The molecule has 1 N–H and O–H groups in total. The number of imide groups is 1. The Kier molecular flexibility index (Phi) is 5.58. The lowest BCUT2D eigenvalue weighted by Crippen LogP contribution is -2.24. The van der Waals surface area contributed by atoms with E-state index < -0.39 is 16.9 Å². The van der Waals surface area contributed by atoms with Crippen LogP contribution < -0.4 is 10.1 Å². The summed E-state index contributed by atoms with van der Waals surface area (Å²) in [5.41, 5.74) is 2.09. The van der Waals surface area contributed by atoms with Crippen molar-refractivity contribution in [2.24, 2.45) is 5.10 Å². The number of amides is 3. The van der Waals surface area contributed by atoms with Gasteiger partial charge >= 0.3 is 11.7 Å². The number of aryl methyl sites for hydroxylation is 1. The first-order valence-corrected chi connectivity index (χ1v) is 8.96. The molecule has 9 heteroatoms. The van der Waals surface area contributed by atoms with Gasteiger partial charge in [0.15, 0.2) is 0 Å². The number of hydrogen-bond acceptors (Lipinski definition) is 6. The summed E-state index contributed by atoms with van der Waals surface area (Å²) in [6, 6.07) is 9.51. The van der Waals surface area contributed by atoms with Gasteiger partial charge in [-0.3, -0.25) is 20.2 Å². The van der Waals surface area contributed by atoms with E-state index in [2.05, 4.69) is 10.4 Å². The maximum atomic E-state index is 11.6. The van der Waals surface area contributed by atoms with Gasteiger partial charge in [-0.25, -0.2) is 9.80 Å². The Hall–Kier alpha value is -3.75. The predicted molar refractivity (Wildman–Crippen MR) is 106 cm³/mol. The number of nitrogens with zero attached hydrogens (tertiary/aromatic N) is 3. The Morgan fingerprint density at radius 3 is 2.59 bits per heavy atom. The Labute approximate surface area is 167 Å². The molecule has 1 saturated heterocycles. The van der Waals surface area contributed by atoms with Crippen LogP contribution in [0.3, 0.4) is 0 Å². The average Bonchev–Trinajstić information content (AvgIpc) is 2.97. The van der Waals surface area contributed by atoms with Crippen LogP contribution in [0.25, 0.3) is 0 Å². The maximum absolute atomic E-state index is 11.6. The Morgan fingerprint density at radius 1 is 1.21 bits per heavy atom. The smallest absolute Gasteiger partial charge is 0.344 e. The highest BCUT2D eigenvalue weighted by molar-refractivity contribution is 6.02. The fourth-order valence-electron chi connectivity index (χ4n) is 2.83.